The molecule has 0 unspecified atom stereocenters. The van der Waals surface area contributed by atoms with Crippen LogP contribution in [-0.4, -0.2) is 55.5 Å². The van der Waals surface area contributed by atoms with Gasteiger partial charge in [0.25, 0.3) is 5.69 Å². The molecule has 1 amide bonds. The summed E-state index contributed by atoms with van der Waals surface area (Å²) in [5.41, 5.74) is 4.15. The molecule has 2 aliphatic heterocycles. The third-order valence-corrected chi connectivity index (χ3v) is 8.48. The first kappa shape index (κ1) is 24.8. The summed E-state index contributed by atoms with van der Waals surface area (Å²) in [6.07, 6.45) is 7.18. The van der Waals surface area contributed by atoms with Crippen molar-refractivity contribution in [1.29, 1.82) is 0 Å². The predicted octanol–water partition coefficient (Wildman–Crippen LogP) is 5.60. The lowest BCUT2D eigenvalue weighted by Gasteiger charge is -2.39. The van der Waals surface area contributed by atoms with E-state index >= 15 is 0 Å². The maximum absolute atomic E-state index is 12.0. The third kappa shape index (κ3) is 5.02. The van der Waals surface area contributed by atoms with Crippen LogP contribution in [-0.2, 0) is 11.2 Å². The van der Waals surface area contributed by atoms with E-state index < -0.39 is 0 Å². The number of nitrogens with zero attached hydrogens (tertiary/aromatic N) is 4. The average Bonchev–Trinajstić information content (AvgIpc) is 2.82. The molecule has 2 aromatic carbocycles. The van der Waals surface area contributed by atoms with Crippen molar-refractivity contribution in [2.24, 2.45) is 5.92 Å². The van der Waals surface area contributed by atoms with Gasteiger partial charge >= 0.3 is 0 Å². The van der Waals surface area contributed by atoms with Crippen molar-refractivity contribution >= 4 is 45.9 Å². The number of nitro benzene ring substituents is 1. The number of aryl methyl sites for hydroxylation is 1. The summed E-state index contributed by atoms with van der Waals surface area (Å²) in [5, 5.41) is 15.6. The Morgan fingerprint density at radius 2 is 1.86 bits per heavy atom. The van der Waals surface area contributed by atoms with Gasteiger partial charge in [-0.2, -0.15) is 0 Å². The molecule has 1 saturated heterocycles. The van der Waals surface area contributed by atoms with Crippen molar-refractivity contribution in [3.05, 3.63) is 51.0 Å². The number of amides is 1. The first-order valence-electron chi connectivity index (χ1n) is 12.9. The summed E-state index contributed by atoms with van der Waals surface area (Å²) < 4.78 is 0. The van der Waals surface area contributed by atoms with E-state index in [0.717, 1.165) is 55.5 Å². The van der Waals surface area contributed by atoms with E-state index in [1.165, 1.54) is 25.3 Å². The molecule has 192 valence electrons. The van der Waals surface area contributed by atoms with Crippen LogP contribution in [0, 0.1) is 16.0 Å². The van der Waals surface area contributed by atoms with Gasteiger partial charge < -0.3 is 20.0 Å². The Bertz CT molecular complexity index is 1160. The largest absolute Gasteiger partial charge is 0.366 e. The average molecular weight is 512 g/mol. The zero-order valence-corrected chi connectivity index (χ0v) is 21.8. The molecule has 1 saturated carbocycles. The molecule has 0 spiro atoms. The second-order valence-electron chi connectivity index (χ2n) is 10.5. The van der Waals surface area contributed by atoms with Crippen LogP contribution < -0.4 is 15.1 Å². The Morgan fingerprint density at radius 3 is 2.53 bits per heavy atom. The van der Waals surface area contributed by atoms with Crippen molar-refractivity contribution in [2.45, 2.75) is 51.0 Å². The lowest BCUT2D eigenvalue weighted by atomic mass is 9.89. The van der Waals surface area contributed by atoms with E-state index in [2.05, 4.69) is 22.2 Å². The van der Waals surface area contributed by atoms with Gasteiger partial charge in [0.1, 0.15) is 5.69 Å². The van der Waals surface area contributed by atoms with E-state index in [-0.39, 0.29) is 16.5 Å². The van der Waals surface area contributed by atoms with Crippen LogP contribution in [0.5, 0.6) is 0 Å². The Kier molecular flexibility index (Phi) is 7.08. The first-order chi connectivity index (χ1) is 17.3. The van der Waals surface area contributed by atoms with Crippen LogP contribution in [0.1, 0.15) is 44.1 Å². The van der Waals surface area contributed by atoms with Crippen LogP contribution in [0.4, 0.5) is 28.4 Å². The normalized spacial score (nSPS) is 18.8. The molecule has 2 aromatic rings. The number of hydrogen-bond donors (Lipinski definition) is 1. The second kappa shape index (κ2) is 10.3. The van der Waals surface area contributed by atoms with Gasteiger partial charge in [-0.05, 0) is 74.9 Å². The molecule has 5 rings (SSSR count). The lowest BCUT2D eigenvalue weighted by Crippen LogP contribution is -2.43. The van der Waals surface area contributed by atoms with Gasteiger partial charge in [0.15, 0.2) is 0 Å². The van der Waals surface area contributed by atoms with Gasteiger partial charge in [-0.15, -0.1) is 0 Å². The summed E-state index contributed by atoms with van der Waals surface area (Å²) in [6.45, 7) is 2.70. The minimum absolute atomic E-state index is 0.0427. The molecule has 0 radical (unpaired) electrons. The fraction of sp³-hybridized carbons (Fsp3) is 0.519. The maximum Gasteiger partial charge on any atom is 0.294 e. The molecule has 0 aromatic heterocycles. The number of rotatable bonds is 7. The fourth-order valence-electron chi connectivity index (χ4n) is 5.68. The molecule has 1 aliphatic carbocycles. The van der Waals surface area contributed by atoms with Crippen LogP contribution in [0.2, 0.25) is 5.02 Å². The van der Waals surface area contributed by atoms with Crippen molar-refractivity contribution in [1.82, 2.24) is 4.90 Å². The van der Waals surface area contributed by atoms with Crippen LogP contribution in [0.15, 0.2) is 30.3 Å². The SMILES string of the molecule is CN1C(=O)CCc2cc(Nc3cc(N4CCC(CN(C)C5CCC5)CC4)c([N+](=O)[O-])cc3Cl)ccc21. The molecule has 1 N–H and O–H groups in total. The zero-order chi connectivity index (χ0) is 25.4. The van der Waals surface area contributed by atoms with E-state index in [0.29, 0.717) is 35.2 Å². The van der Waals surface area contributed by atoms with Crippen molar-refractivity contribution < 1.29 is 9.72 Å². The highest BCUT2D eigenvalue weighted by Crippen LogP contribution is 2.40. The zero-order valence-electron chi connectivity index (χ0n) is 21.0. The van der Waals surface area contributed by atoms with E-state index in [1.54, 1.807) is 11.9 Å². The minimum Gasteiger partial charge on any atom is -0.366 e. The van der Waals surface area contributed by atoms with Crippen molar-refractivity contribution in [3.63, 3.8) is 0 Å². The molecule has 0 atom stereocenters. The molecule has 2 fully saturated rings. The maximum atomic E-state index is 12.0. The van der Waals surface area contributed by atoms with Gasteiger partial charge in [-0.3, -0.25) is 14.9 Å². The Morgan fingerprint density at radius 1 is 1.11 bits per heavy atom. The number of carbonyl (C=O) groups is 1. The molecule has 8 nitrogen and oxygen atoms in total. The monoisotopic (exact) mass is 511 g/mol. The summed E-state index contributed by atoms with van der Waals surface area (Å²) in [5.74, 6) is 0.737. The van der Waals surface area contributed by atoms with Gasteiger partial charge in [-0.1, -0.05) is 18.0 Å². The highest BCUT2D eigenvalue weighted by atomic mass is 35.5. The van der Waals surface area contributed by atoms with E-state index in [4.69, 9.17) is 11.6 Å². The lowest BCUT2D eigenvalue weighted by molar-refractivity contribution is -0.384. The number of fused-ring (bicyclic) bond motifs is 1. The second-order valence-corrected chi connectivity index (χ2v) is 10.9. The first-order valence-corrected chi connectivity index (χ1v) is 13.3. The van der Waals surface area contributed by atoms with Crippen molar-refractivity contribution in [2.75, 3.05) is 48.8 Å². The molecule has 9 heteroatoms. The summed E-state index contributed by atoms with van der Waals surface area (Å²) in [4.78, 5) is 29.9. The molecular formula is C27H34ClN5O3. The minimum atomic E-state index is -0.340. The molecule has 2 heterocycles. The molecule has 36 heavy (non-hydrogen) atoms. The Balaban J connectivity index is 1.32. The number of piperidine rings is 1. The Hall–Kier alpha value is -2.84. The van der Waals surface area contributed by atoms with Crippen LogP contribution in [0.3, 0.4) is 0 Å². The molecular weight excluding hydrogens is 478 g/mol. The number of nitrogens with one attached hydrogen (secondary N) is 1. The molecule has 3 aliphatic rings. The van der Waals surface area contributed by atoms with E-state index in [1.807, 2.05) is 24.3 Å². The number of benzene rings is 2. The summed E-state index contributed by atoms with van der Waals surface area (Å²) in [6, 6.07) is 9.88. The standard InChI is InChI=1S/C27H34ClN5O3/c1-30(21-4-3-5-21)17-18-10-12-32(13-11-18)25-16-23(22(28)15-26(25)33(35)36)29-20-7-8-24-19(14-20)6-9-27(34)31(24)2/h7-8,14-16,18,21,29H,3-6,9-13,17H2,1-2H3. The quantitative estimate of drug-likeness (QED) is 0.385. The Labute approximate surface area is 217 Å². The smallest absolute Gasteiger partial charge is 0.294 e. The summed E-state index contributed by atoms with van der Waals surface area (Å²) >= 11 is 6.51. The summed E-state index contributed by atoms with van der Waals surface area (Å²) in [7, 11) is 4.02. The fourth-order valence-corrected chi connectivity index (χ4v) is 5.88. The number of carbonyl (C=O) groups excluding carboxylic acids is 1. The van der Waals surface area contributed by atoms with Crippen LogP contribution >= 0.6 is 11.6 Å². The number of hydrogen-bond acceptors (Lipinski definition) is 6. The van der Waals surface area contributed by atoms with Crippen LogP contribution in [0.25, 0.3) is 0 Å². The predicted molar refractivity (Wildman–Crippen MR) is 145 cm³/mol. The third-order valence-electron chi connectivity index (χ3n) is 8.16. The van der Waals surface area contributed by atoms with Gasteiger partial charge in [-0.25, -0.2) is 0 Å². The van der Waals surface area contributed by atoms with Crippen molar-refractivity contribution in [3.8, 4) is 0 Å². The number of halogens is 1. The van der Waals surface area contributed by atoms with E-state index in [9.17, 15) is 14.9 Å². The van der Waals surface area contributed by atoms with Gasteiger partial charge in [0.05, 0.1) is 15.6 Å². The topological polar surface area (TPSA) is 82.0 Å². The highest BCUT2D eigenvalue weighted by Gasteiger charge is 2.29. The van der Waals surface area contributed by atoms with Gasteiger partial charge in [0.2, 0.25) is 5.91 Å². The highest BCUT2D eigenvalue weighted by molar-refractivity contribution is 6.33. The van der Waals surface area contributed by atoms with Gasteiger partial charge in [0, 0.05) is 56.6 Å². The molecule has 0 bridgehead atoms. The number of anilines is 4. The number of nitro groups is 1.